The molecule has 4 rings (SSSR count). The molecule has 0 bridgehead atoms. The van der Waals surface area contributed by atoms with E-state index >= 15 is 0 Å². The second-order valence-electron chi connectivity index (χ2n) is 7.96. The number of carbonyl (C=O) groups is 3. The molecule has 1 saturated heterocycles. The summed E-state index contributed by atoms with van der Waals surface area (Å²) in [6.45, 7) is 6.06. The topological polar surface area (TPSA) is 119 Å². The van der Waals surface area contributed by atoms with E-state index in [1.807, 2.05) is 6.92 Å². The Morgan fingerprint density at radius 3 is 2.56 bits per heavy atom. The van der Waals surface area contributed by atoms with E-state index in [2.05, 4.69) is 9.97 Å². The van der Waals surface area contributed by atoms with Crippen LogP contribution in [-0.2, 0) is 14.3 Å². The Labute approximate surface area is 212 Å². The van der Waals surface area contributed by atoms with E-state index in [4.69, 9.17) is 9.47 Å². The van der Waals surface area contributed by atoms with Gasteiger partial charge in [0, 0.05) is 18.0 Å². The van der Waals surface area contributed by atoms with E-state index < -0.39 is 23.7 Å². The average molecular weight is 508 g/mol. The van der Waals surface area contributed by atoms with Crippen LogP contribution in [0.25, 0.3) is 5.76 Å². The summed E-state index contributed by atoms with van der Waals surface area (Å²) in [5.74, 6) is -1.98. The Hall–Kier alpha value is -4.05. The molecule has 1 aromatic carbocycles. The molecule has 0 saturated carbocycles. The molecule has 0 radical (unpaired) electrons. The highest BCUT2D eigenvalue weighted by Crippen LogP contribution is 2.43. The highest BCUT2D eigenvalue weighted by molar-refractivity contribution is 7.17. The van der Waals surface area contributed by atoms with E-state index in [-0.39, 0.29) is 27.9 Å². The Morgan fingerprint density at radius 1 is 1.17 bits per heavy atom. The molecule has 0 unspecified atom stereocenters. The first-order valence-electron chi connectivity index (χ1n) is 11.5. The molecule has 1 atom stereocenters. The molecule has 9 nitrogen and oxygen atoms in total. The third-order valence-electron chi connectivity index (χ3n) is 5.50. The number of nitrogens with zero attached hydrogens (tertiary/aromatic N) is 3. The molecule has 2 aromatic heterocycles. The SMILES string of the molecule is CCCOc1ccc(/C(O)=C2\C(=O)C(=O)N(c3nc(C)c(C(=O)OCC)s3)[C@@H]2c2cccnc2)cc1. The fraction of sp³-hybridized carbons (Fsp3) is 0.269. The molecule has 1 aliphatic heterocycles. The van der Waals surface area contributed by atoms with Crippen molar-refractivity contribution < 1.29 is 29.0 Å². The fourth-order valence-corrected chi connectivity index (χ4v) is 4.83. The van der Waals surface area contributed by atoms with E-state index in [1.165, 1.54) is 11.1 Å². The highest BCUT2D eigenvalue weighted by Gasteiger charge is 2.48. The van der Waals surface area contributed by atoms with Gasteiger partial charge in [0.2, 0.25) is 0 Å². The van der Waals surface area contributed by atoms with Crippen molar-refractivity contribution in [2.45, 2.75) is 33.2 Å². The zero-order valence-electron chi connectivity index (χ0n) is 20.1. The number of pyridine rings is 1. The number of esters is 1. The number of thiazole rings is 1. The number of amides is 1. The van der Waals surface area contributed by atoms with Crippen LogP contribution in [-0.4, -0.2) is 45.9 Å². The monoisotopic (exact) mass is 507 g/mol. The minimum absolute atomic E-state index is 0.0965. The average Bonchev–Trinajstić information content (AvgIpc) is 3.40. The van der Waals surface area contributed by atoms with Gasteiger partial charge in [0.15, 0.2) is 5.13 Å². The number of Topliss-reactive ketones (excluding diaryl/α,β-unsaturated/α-hetero) is 1. The lowest BCUT2D eigenvalue weighted by Crippen LogP contribution is -2.29. The molecule has 3 aromatic rings. The summed E-state index contributed by atoms with van der Waals surface area (Å²) < 4.78 is 10.7. The first kappa shape index (κ1) is 25.1. The molecule has 36 heavy (non-hydrogen) atoms. The first-order chi connectivity index (χ1) is 17.4. The van der Waals surface area contributed by atoms with Gasteiger partial charge in [-0.3, -0.25) is 19.5 Å². The van der Waals surface area contributed by atoms with Gasteiger partial charge in [-0.05, 0) is 56.2 Å². The number of hydrogen-bond acceptors (Lipinski definition) is 9. The zero-order valence-corrected chi connectivity index (χ0v) is 20.9. The van der Waals surface area contributed by atoms with Crippen LogP contribution in [0.5, 0.6) is 5.75 Å². The molecule has 1 fully saturated rings. The van der Waals surface area contributed by atoms with Crippen LogP contribution in [0.1, 0.15) is 52.8 Å². The van der Waals surface area contributed by atoms with Crippen molar-refractivity contribution in [2.24, 2.45) is 0 Å². The maximum Gasteiger partial charge on any atom is 0.350 e. The Bertz CT molecular complexity index is 1320. The van der Waals surface area contributed by atoms with Gasteiger partial charge in [0.05, 0.1) is 30.5 Å². The first-order valence-corrected chi connectivity index (χ1v) is 12.3. The summed E-state index contributed by atoms with van der Waals surface area (Å²) in [5.41, 5.74) is 1.14. The number of ketones is 1. The van der Waals surface area contributed by atoms with Gasteiger partial charge in [0.1, 0.15) is 16.4 Å². The summed E-state index contributed by atoms with van der Waals surface area (Å²) in [6.07, 6.45) is 3.94. The van der Waals surface area contributed by atoms with E-state index in [0.29, 0.717) is 29.2 Å². The van der Waals surface area contributed by atoms with Crippen LogP contribution in [0.2, 0.25) is 0 Å². The zero-order chi connectivity index (χ0) is 25.8. The normalized spacial score (nSPS) is 16.9. The number of aliphatic hydroxyl groups excluding tert-OH is 1. The van der Waals surface area contributed by atoms with Crippen LogP contribution in [0.15, 0.2) is 54.4 Å². The lowest BCUT2D eigenvalue weighted by Gasteiger charge is -2.22. The second-order valence-corrected chi connectivity index (χ2v) is 8.94. The third kappa shape index (κ3) is 4.72. The van der Waals surface area contributed by atoms with Crippen LogP contribution in [0.3, 0.4) is 0 Å². The lowest BCUT2D eigenvalue weighted by molar-refractivity contribution is -0.132. The number of aliphatic hydroxyl groups is 1. The minimum Gasteiger partial charge on any atom is -0.507 e. The quantitative estimate of drug-likeness (QED) is 0.206. The molecule has 1 amide bonds. The number of hydrogen-bond donors (Lipinski definition) is 1. The third-order valence-corrected chi connectivity index (χ3v) is 6.63. The van der Waals surface area contributed by atoms with Gasteiger partial charge in [0.25, 0.3) is 5.78 Å². The van der Waals surface area contributed by atoms with Crippen LogP contribution in [0, 0.1) is 6.92 Å². The number of rotatable bonds is 8. The molecule has 1 aliphatic rings. The van der Waals surface area contributed by atoms with Gasteiger partial charge in [-0.25, -0.2) is 9.78 Å². The Balaban J connectivity index is 1.82. The smallest absolute Gasteiger partial charge is 0.350 e. The summed E-state index contributed by atoms with van der Waals surface area (Å²) in [4.78, 5) is 48.8. The number of benzene rings is 1. The van der Waals surface area contributed by atoms with Gasteiger partial charge >= 0.3 is 11.9 Å². The van der Waals surface area contributed by atoms with Crippen LogP contribution in [0.4, 0.5) is 5.13 Å². The lowest BCUT2D eigenvalue weighted by atomic mass is 9.96. The van der Waals surface area contributed by atoms with E-state index in [1.54, 1.807) is 56.4 Å². The second kappa shape index (κ2) is 10.7. The number of aryl methyl sites for hydroxylation is 1. The molecule has 0 aliphatic carbocycles. The molecule has 1 N–H and O–H groups in total. The van der Waals surface area contributed by atoms with Crippen molar-refractivity contribution in [1.29, 1.82) is 0 Å². The molecule has 3 heterocycles. The van der Waals surface area contributed by atoms with Gasteiger partial charge < -0.3 is 14.6 Å². The molecule has 0 spiro atoms. The summed E-state index contributed by atoms with van der Waals surface area (Å²) in [6, 6.07) is 9.02. The van der Waals surface area contributed by atoms with Crippen molar-refractivity contribution in [3.63, 3.8) is 0 Å². The minimum atomic E-state index is -0.990. The van der Waals surface area contributed by atoms with Crippen molar-refractivity contribution in [2.75, 3.05) is 18.1 Å². The molecule has 10 heteroatoms. The van der Waals surface area contributed by atoms with Crippen molar-refractivity contribution >= 4 is 39.9 Å². The van der Waals surface area contributed by atoms with Gasteiger partial charge in [-0.15, -0.1) is 0 Å². The Morgan fingerprint density at radius 2 is 1.92 bits per heavy atom. The largest absolute Gasteiger partial charge is 0.507 e. The molecule has 186 valence electrons. The van der Waals surface area contributed by atoms with Crippen molar-refractivity contribution in [1.82, 2.24) is 9.97 Å². The number of anilines is 1. The summed E-state index contributed by atoms with van der Waals surface area (Å²) in [7, 11) is 0. The van der Waals surface area contributed by atoms with Gasteiger partial charge in [-0.2, -0.15) is 0 Å². The van der Waals surface area contributed by atoms with Crippen LogP contribution < -0.4 is 9.64 Å². The fourth-order valence-electron chi connectivity index (χ4n) is 3.84. The number of ether oxygens (including phenoxy) is 2. The molecular weight excluding hydrogens is 482 g/mol. The Kier molecular flexibility index (Phi) is 7.44. The number of aromatic nitrogens is 2. The van der Waals surface area contributed by atoms with Crippen molar-refractivity contribution in [3.05, 3.63) is 76.1 Å². The maximum atomic E-state index is 13.3. The predicted octanol–water partition coefficient (Wildman–Crippen LogP) is 4.44. The number of carbonyl (C=O) groups excluding carboxylic acids is 3. The predicted molar refractivity (Wildman–Crippen MR) is 134 cm³/mol. The van der Waals surface area contributed by atoms with Crippen LogP contribution >= 0.6 is 11.3 Å². The standard InChI is InChI=1S/C26H25N3O6S/c1-4-13-35-18-10-8-16(9-11-18)21(30)19-20(17-7-6-12-27-14-17)29(24(32)22(19)31)26-28-15(3)23(36-26)25(33)34-5-2/h6-12,14,20,30H,4-5,13H2,1-3H3/b21-19+/t20-/m1/s1. The summed E-state index contributed by atoms with van der Waals surface area (Å²) in [5, 5.41) is 11.4. The highest BCUT2D eigenvalue weighted by atomic mass is 32.1. The van der Waals surface area contributed by atoms with E-state index in [9.17, 15) is 19.5 Å². The van der Waals surface area contributed by atoms with Crippen molar-refractivity contribution in [3.8, 4) is 5.75 Å². The van der Waals surface area contributed by atoms with Gasteiger partial charge in [-0.1, -0.05) is 24.3 Å². The molecular formula is C26H25N3O6S. The maximum absolute atomic E-state index is 13.3. The summed E-state index contributed by atoms with van der Waals surface area (Å²) >= 11 is 0.954. The van der Waals surface area contributed by atoms with E-state index in [0.717, 1.165) is 17.8 Å².